The molecule has 3 heteroatoms. The van der Waals surface area contributed by atoms with Crippen molar-refractivity contribution in [1.82, 2.24) is 10.9 Å². The van der Waals surface area contributed by atoms with Crippen LogP contribution in [0.1, 0.15) is 29.8 Å². The molecule has 3 aromatic rings. The first-order chi connectivity index (χ1) is 9.90. The van der Waals surface area contributed by atoms with Gasteiger partial charge < -0.3 is 4.42 Å². The van der Waals surface area contributed by atoms with Gasteiger partial charge in [-0.1, -0.05) is 48.5 Å². The standard InChI is InChI=1S/C17H16N2O/c1-2-6-12(7-3-1)14-11-15(19-18-14)17-10-13-8-4-5-9-16(13)20-17/h1-10,14-15,18-19H,11H2. The first-order valence-electron chi connectivity index (χ1n) is 6.94. The van der Waals surface area contributed by atoms with Gasteiger partial charge in [-0.2, -0.15) is 0 Å². The molecule has 4 rings (SSSR count). The largest absolute Gasteiger partial charge is 0.459 e. The highest BCUT2D eigenvalue weighted by Crippen LogP contribution is 2.33. The van der Waals surface area contributed by atoms with Crippen molar-refractivity contribution < 1.29 is 4.42 Å². The number of rotatable bonds is 2. The van der Waals surface area contributed by atoms with Crippen molar-refractivity contribution in [3.63, 3.8) is 0 Å². The first kappa shape index (κ1) is 11.7. The topological polar surface area (TPSA) is 37.2 Å². The van der Waals surface area contributed by atoms with Crippen molar-refractivity contribution in [2.75, 3.05) is 0 Å². The van der Waals surface area contributed by atoms with E-state index in [1.807, 2.05) is 24.3 Å². The Morgan fingerprint density at radius 3 is 2.45 bits per heavy atom. The van der Waals surface area contributed by atoms with Gasteiger partial charge in [-0.15, -0.1) is 0 Å². The summed E-state index contributed by atoms with van der Waals surface area (Å²) in [5.41, 5.74) is 8.95. The highest BCUT2D eigenvalue weighted by molar-refractivity contribution is 5.77. The molecule has 1 aromatic heterocycles. The molecule has 2 heterocycles. The minimum Gasteiger partial charge on any atom is -0.459 e. The normalized spacial score (nSPS) is 22.4. The molecule has 2 atom stereocenters. The van der Waals surface area contributed by atoms with Gasteiger partial charge in [-0.25, -0.2) is 10.9 Å². The van der Waals surface area contributed by atoms with Gasteiger partial charge in [0.25, 0.3) is 0 Å². The summed E-state index contributed by atoms with van der Waals surface area (Å²) in [5, 5.41) is 1.16. The number of hydrazine groups is 1. The van der Waals surface area contributed by atoms with E-state index in [0.717, 1.165) is 23.2 Å². The molecule has 0 bridgehead atoms. The fourth-order valence-corrected chi connectivity index (χ4v) is 2.82. The molecule has 0 aliphatic carbocycles. The zero-order valence-electron chi connectivity index (χ0n) is 11.0. The number of nitrogens with one attached hydrogen (secondary N) is 2. The second-order valence-corrected chi connectivity index (χ2v) is 5.23. The second-order valence-electron chi connectivity index (χ2n) is 5.23. The van der Waals surface area contributed by atoms with Crippen LogP contribution in [0.5, 0.6) is 0 Å². The summed E-state index contributed by atoms with van der Waals surface area (Å²) in [5.74, 6) is 0.997. The highest BCUT2D eigenvalue weighted by Gasteiger charge is 2.28. The predicted molar refractivity (Wildman–Crippen MR) is 79.0 cm³/mol. The van der Waals surface area contributed by atoms with E-state index in [4.69, 9.17) is 4.42 Å². The van der Waals surface area contributed by atoms with Gasteiger partial charge in [0, 0.05) is 11.4 Å². The molecular formula is C17H16N2O. The molecule has 0 radical (unpaired) electrons. The number of furan rings is 1. The van der Waals surface area contributed by atoms with Crippen LogP contribution in [-0.4, -0.2) is 0 Å². The fourth-order valence-electron chi connectivity index (χ4n) is 2.82. The van der Waals surface area contributed by atoms with Gasteiger partial charge in [-0.3, -0.25) is 0 Å². The van der Waals surface area contributed by atoms with Gasteiger partial charge in [-0.05, 0) is 24.1 Å². The zero-order chi connectivity index (χ0) is 13.4. The molecule has 2 N–H and O–H groups in total. The third-order valence-electron chi connectivity index (χ3n) is 3.89. The number of hydrogen-bond acceptors (Lipinski definition) is 3. The summed E-state index contributed by atoms with van der Waals surface area (Å²) in [4.78, 5) is 0. The summed E-state index contributed by atoms with van der Waals surface area (Å²) in [6.45, 7) is 0. The smallest absolute Gasteiger partial charge is 0.134 e. The van der Waals surface area contributed by atoms with E-state index in [1.165, 1.54) is 5.56 Å². The van der Waals surface area contributed by atoms with E-state index in [0.29, 0.717) is 6.04 Å². The molecule has 1 saturated heterocycles. The van der Waals surface area contributed by atoms with Crippen molar-refractivity contribution in [2.24, 2.45) is 0 Å². The molecule has 0 saturated carbocycles. The maximum Gasteiger partial charge on any atom is 0.134 e. The predicted octanol–water partition coefficient (Wildman–Crippen LogP) is 3.71. The Balaban J connectivity index is 1.59. The van der Waals surface area contributed by atoms with E-state index < -0.39 is 0 Å². The minimum absolute atomic E-state index is 0.215. The van der Waals surface area contributed by atoms with Crippen molar-refractivity contribution in [3.8, 4) is 0 Å². The third-order valence-corrected chi connectivity index (χ3v) is 3.89. The Bertz CT molecular complexity index is 687. The maximum atomic E-state index is 5.93. The number of para-hydroxylation sites is 1. The Morgan fingerprint density at radius 1 is 0.850 bits per heavy atom. The molecule has 2 aromatic carbocycles. The zero-order valence-corrected chi connectivity index (χ0v) is 11.0. The molecule has 0 spiro atoms. The molecule has 1 fully saturated rings. The third kappa shape index (κ3) is 2.01. The molecule has 20 heavy (non-hydrogen) atoms. The first-order valence-corrected chi connectivity index (χ1v) is 6.94. The lowest BCUT2D eigenvalue weighted by Crippen LogP contribution is -2.26. The molecule has 100 valence electrons. The SMILES string of the molecule is c1ccc(C2CC(c3cc4ccccc4o3)NN2)cc1. The van der Waals surface area contributed by atoms with Crippen LogP contribution >= 0.6 is 0 Å². The number of benzene rings is 2. The lowest BCUT2D eigenvalue weighted by atomic mass is 10.0. The minimum atomic E-state index is 0.215. The molecule has 0 amide bonds. The molecule has 1 aliphatic rings. The lowest BCUT2D eigenvalue weighted by Gasteiger charge is -2.08. The Kier molecular flexibility index (Phi) is 2.80. The van der Waals surface area contributed by atoms with E-state index in [1.54, 1.807) is 0 Å². The van der Waals surface area contributed by atoms with Crippen LogP contribution in [0.3, 0.4) is 0 Å². The van der Waals surface area contributed by atoms with Crippen molar-refractivity contribution >= 4 is 11.0 Å². The van der Waals surface area contributed by atoms with Gasteiger partial charge >= 0.3 is 0 Å². The van der Waals surface area contributed by atoms with Crippen LogP contribution in [0.2, 0.25) is 0 Å². The van der Waals surface area contributed by atoms with Crippen LogP contribution in [0, 0.1) is 0 Å². The number of fused-ring (bicyclic) bond motifs is 1. The van der Waals surface area contributed by atoms with Crippen LogP contribution in [-0.2, 0) is 0 Å². The number of hydrogen-bond donors (Lipinski definition) is 2. The summed E-state index contributed by atoms with van der Waals surface area (Å²) >= 11 is 0. The summed E-state index contributed by atoms with van der Waals surface area (Å²) < 4.78 is 5.93. The molecular weight excluding hydrogens is 248 g/mol. The van der Waals surface area contributed by atoms with Crippen molar-refractivity contribution in [2.45, 2.75) is 18.5 Å². The lowest BCUT2D eigenvalue weighted by molar-refractivity contribution is 0.455. The monoisotopic (exact) mass is 264 g/mol. The Hall–Kier alpha value is -2.10. The summed E-state index contributed by atoms with van der Waals surface area (Å²) in [7, 11) is 0. The fraction of sp³-hybridized carbons (Fsp3) is 0.176. The second kappa shape index (κ2) is 4.78. The van der Waals surface area contributed by atoms with E-state index in [-0.39, 0.29) is 6.04 Å². The average Bonchev–Trinajstić information content (AvgIpc) is 3.14. The van der Waals surface area contributed by atoms with Crippen molar-refractivity contribution in [1.29, 1.82) is 0 Å². The van der Waals surface area contributed by atoms with Gasteiger partial charge in [0.15, 0.2) is 0 Å². The van der Waals surface area contributed by atoms with Gasteiger partial charge in [0.2, 0.25) is 0 Å². The highest BCUT2D eigenvalue weighted by atomic mass is 16.3. The summed E-state index contributed by atoms with van der Waals surface area (Å²) in [6.07, 6.45) is 0.990. The quantitative estimate of drug-likeness (QED) is 0.741. The van der Waals surface area contributed by atoms with Crippen LogP contribution < -0.4 is 10.9 Å². The van der Waals surface area contributed by atoms with Gasteiger partial charge in [0.05, 0.1) is 6.04 Å². The van der Waals surface area contributed by atoms with E-state index in [9.17, 15) is 0 Å². The Morgan fingerprint density at radius 2 is 1.60 bits per heavy atom. The molecule has 3 nitrogen and oxygen atoms in total. The van der Waals surface area contributed by atoms with E-state index in [2.05, 4.69) is 47.2 Å². The van der Waals surface area contributed by atoms with Gasteiger partial charge in [0.1, 0.15) is 11.3 Å². The molecule has 1 aliphatic heterocycles. The Labute approximate surface area is 117 Å². The maximum absolute atomic E-state index is 5.93. The van der Waals surface area contributed by atoms with Crippen molar-refractivity contribution in [3.05, 3.63) is 72.0 Å². The molecule has 2 unspecified atom stereocenters. The average molecular weight is 264 g/mol. The summed E-state index contributed by atoms with van der Waals surface area (Å²) in [6, 6.07) is 21.3. The van der Waals surface area contributed by atoms with Crippen LogP contribution in [0.15, 0.2) is 65.1 Å². The van der Waals surface area contributed by atoms with Crippen LogP contribution in [0.25, 0.3) is 11.0 Å². The van der Waals surface area contributed by atoms with E-state index >= 15 is 0 Å². The van der Waals surface area contributed by atoms with Crippen LogP contribution in [0.4, 0.5) is 0 Å².